The highest BCUT2D eigenvalue weighted by molar-refractivity contribution is 7.91. The van der Waals surface area contributed by atoms with Gasteiger partial charge in [0.2, 0.25) is 11.8 Å². The van der Waals surface area contributed by atoms with Crippen molar-refractivity contribution in [1.29, 1.82) is 0 Å². The van der Waals surface area contributed by atoms with Gasteiger partial charge in [-0.2, -0.15) is 5.10 Å². The van der Waals surface area contributed by atoms with Gasteiger partial charge in [0.1, 0.15) is 6.61 Å². The molecule has 2 aliphatic heterocycles. The van der Waals surface area contributed by atoms with Crippen LogP contribution in [-0.4, -0.2) is 90.2 Å². The lowest BCUT2D eigenvalue weighted by molar-refractivity contribution is -0.147. The molecule has 0 spiro atoms. The van der Waals surface area contributed by atoms with Gasteiger partial charge in [-0.15, -0.1) is 0 Å². The topological polar surface area (TPSA) is 102 Å². The summed E-state index contributed by atoms with van der Waals surface area (Å²) in [6.45, 7) is 2.94. The van der Waals surface area contributed by atoms with Crippen LogP contribution in [0.25, 0.3) is 0 Å². The molecule has 10 heteroatoms. The quantitative estimate of drug-likeness (QED) is 0.650. The number of fused-ring (bicyclic) bond motifs is 1. The second-order valence-corrected chi connectivity index (χ2v) is 8.92. The zero-order valence-corrected chi connectivity index (χ0v) is 15.8. The summed E-state index contributed by atoms with van der Waals surface area (Å²) in [5.41, 5.74) is 0.967. The molecule has 0 saturated carbocycles. The van der Waals surface area contributed by atoms with Gasteiger partial charge in [0, 0.05) is 45.1 Å². The first-order valence-corrected chi connectivity index (χ1v) is 10.4. The molecule has 1 aromatic heterocycles. The second kappa shape index (κ2) is 7.36. The standard InChI is InChI=1S/C16H24N4O5S/c1-12-3-5-17-20(12)6-4-15(21)18-7-8-19(16(22)9-25-2)14-11-26(23,24)10-13(14)18/h3,5,13-14H,4,6-11H2,1-2H3/t13-,14+/m0/s1. The van der Waals surface area contributed by atoms with E-state index in [1.165, 1.54) is 7.11 Å². The Bertz CT molecular complexity index is 790. The van der Waals surface area contributed by atoms with Crippen LogP contribution in [0.15, 0.2) is 12.3 Å². The minimum atomic E-state index is -3.29. The number of ether oxygens (including phenoxy) is 1. The van der Waals surface area contributed by atoms with E-state index in [1.54, 1.807) is 20.7 Å². The lowest BCUT2D eigenvalue weighted by Crippen LogP contribution is -2.62. The Morgan fingerprint density at radius 2 is 1.81 bits per heavy atom. The summed E-state index contributed by atoms with van der Waals surface area (Å²) < 4.78 is 31.0. The molecule has 0 radical (unpaired) electrons. The summed E-state index contributed by atoms with van der Waals surface area (Å²) in [6, 6.07) is 0.886. The molecule has 2 saturated heterocycles. The number of carbonyl (C=O) groups excluding carboxylic acids is 2. The van der Waals surface area contributed by atoms with Crippen molar-refractivity contribution in [3.05, 3.63) is 18.0 Å². The van der Waals surface area contributed by atoms with Crippen molar-refractivity contribution in [2.75, 3.05) is 38.3 Å². The fraction of sp³-hybridized carbons (Fsp3) is 0.688. The minimum Gasteiger partial charge on any atom is -0.375 e. The van der Waals surface area contributed by atoms with E-state index in [-0.39, 0.29) is 36.3 Å². The van der Waals surface area contributed by atoms with Crippen molar-refractivity contribution >= 4 is 21.7 Å². The van der Waals surface area contributed by atoms with Crippen LogP contribution in [-0.2, 0) is 30.7 Å². The van der Waals surface area contributed by atoms with Gasteiger partial charge in [0.05, 0.1) is 23.6 Å². The van der Waals surface area contributed by atoms with Crippen LogP contribution in [0.4, 0.5) is 0 Å². The molecular weight excluding hydrogens is 360 g/mol. The minimum absolute atomic E-state index is 0.0875. The summed E-state index contributed by atoms with van der Waals surface area (Å²) in [5, 5.41) is 4.16. The zero-order valence-electron chi connectivity index (χ0n) is 15.0. The molecule has 2 fully saturated rings. The van der Waals surface area contributed by atoms with Crippen molar-refractivity contribution < 1.29 is 22.7 Å². The highest BCUT2D eigenvalue weighted by Crippen LogP contribution is 2.27. The van der Waals surface area contributed by atoms with Crippen molar-refractivity contribution in [1.82, 2.24) is 19.6 Å². The summed E-state index contributed by atoms with van der Waals surface area (Å²) >= 11 is 0. The van der Waals surface area contributed by atoms with Crippen LogP contribution < -0.4 is 0 Å². The first kappa shape index (κ1) is 18.8. The largest absolute Gasteiger partial charge is 0.375 e. The van der Waals surface area contributed by atoms with Gasteiger partial charge in [-0.05, 0) is 13.0 Å². The summed E-state index contributed by atoms with van der Waals surface area (Å²) in [5.74, 6) is -0.541. The normalized spacial score (nSPS) is 24.5. The Kier molecular flexibility index (Phi) is 5.33. The van der Waals surface area contributed by atoms with E-state index in [0.717, 1.165) is 5.69 Å². The third-order valence-corrected chi connectivity index (χ3v) is 6.75. The maximum Gasteiger partial charge on any atom is 0.248 e. The maximum atomic E-state index is 12.7. The third kappa shape index (κ3) is 3.75. The van der Waals surface area contributed by atoms with Gasteiger partial charge in [-0.25, -0.2) is 8.42 Å². The fourth-order valence-electron chi connectivity index (χ4n) is 3.76. The molecule has 3 heterocycles. The molecule has 26 heavy (non-hydrogen) atoms. The van der Waals surface area contributed by atoms with E-state index in [1.807, 2.05) is 13.0 Å². The Balaban J connectivity index is 1.72. The molecular formula is C16H24N4O5S. The van der Waals surface area contributed by atoms with Gasteiger partial charge < -0.3 is 14.5 Å². The van der Waals surface area contributed by atoms with Crippen LogP contribution in [0, 0.1) is 6.92 Å². The number of hydrogen-bond donors (Lipinski definition) is 0. The van der Waals surface area contributed by atoms with E-state index in [2.05, 4.69) is 5.10 Å². The third-order valence-electron chi connectivity index (χ3n) is 5.05. The number of carbonyl (C=O) groups is 2. The summed E-state index contributed by atoms with van der Waals surface area (Å²) in [7, 11) is -1.86. The van der Waals surface area contributed by atoms with E-state index >= 15 is 0 Å². The van der Waals surface area contributed by atoms with Gasteiger partial charge >= 0.3 is 0 Å². The number of rotatable bonds is 5. The summed E-state index contributed by atoms with van der Waals surface area (Å²) in [4.78, 5) is 28.1. The van der Waals surface area contributed by atoms with Gasteiger partial charge in [0.15, 0.2) is 9.84 Å². The first-order chi connectivity index (χ1) is 12.3. The highest BCUT2D eigenvalue weighted by Gasteiger charge is 2.49. The maximum absolute atomic E-state index is 12.7. The molecule has 0 aliphatic carbocycles. The SMILES string of the molecule is COCC(=O)N1CCN(C(=O)CCn2nccc2C)[C@H]2CS(=O)(=O)C[C@H]21. The molecule has 2 amide bonds. The Labute approximate surface area is 152 Å². The number of sulfone groups is 1. The molecule has 3 rings (SSSR count). The molecule has 0 unspecified atom stereocenters. The number of hydrogen-bond acceptors (Lipinski definition) is 6. The average Bonchev–Trinajstić information content (AvgIpc) is 3.13. The molecule has 1 aromatic rings. The molecule has 2 aliphatic rings. The van der Waals surface area contributed by atoms with E-state index < -0.39 is 21.9 Å². The molecule has 144 valence electrons. The fourth-order valence-corrected chi connectivity index (χ4v) is 5.74. The van der Waals surface area contributed by atoms with Crippen LogP contribution in [0.3, 0.4) is 0 Å². The van der Waals surface area contributed by atoms with E-state index in [0.29, 0.717) is 19.6 Å². The lowest BCUT2D eigenvalue weighted by Gasteiger charge is -2.43. The van der Waals surface area contributed by atoms with Crippen LogP contribution in [0.2, 0.25) is 0 Å². The smallest absolute Gasteiger partial charge is 0.248 e. The Morgan fingerprint density at radius 3 is 2.35 bits per heavy atom. The van der Waals surface area contributed by atoms with E-state index in [4.69, 9.17) is 4.74 Å². The van der Waals surface area contributed by atoms with Gasteiger partial charge in [-0.1, -0.05) is 0 Å². The highest BCUT2D eigenvalue weighted by atomic mass is 32.2. The number of methoxy groups -OCH3 is 1. The van der Waals surface area contributed by atoms with Crippen LogP contribution in [0.5, 0.6) is 0 Å². The number of amides is 2. The predicted octanol–water partition coefficient (Wildman–Crippen LogP) is -0.936. The Morgan fingerprint density at radius 1 is 1.19 bits per heavy atom. The first-order valence-electron chi connectivity index (χ1n) is 8.59. The average molecular weight is 384 g/mol. The van der Waals surface area contributed by atoms with Gasteiger partial charge in [0.25, 0.3) is 0 Å². The predicted molar refractivity (Wildman–Crippen MR) is 93.1 cm³/mol. The molecule has 0 bridgehead atoms. The van der Waals surface area contributed by atoms with Crippen molar-refractivity contribution in [3.8, 4) is 0 Å². The molecule has 2 atom stereocenters. The van der Waals surface area contributed by atoms with E-state index in [9.17, 15) is 18.0 Å². The number of nitrogens with zero attached hydrogens (tertiary/aromatic N) is 4. The van der Waals surface area contributed by atoms with Crippen LogP contribution in [0.1, 0.15) is 12.1 Å². The number of aromatic nitrogens is 2. The number of piperazine rings is 1. The van der Waals surface area contributed by atoms with Gasteiger partial charge in [-0.3, -0.25) is 14.3 Å². The van der Waals surface area contributed by atoms with Crippen molar-refractivity contribution in [3.63, 3.8) is 0 Å². The summed E-state index contributed by atoms with van der Waals surface area (Å²) in [6.07, 6.45) is 1.93. The lowest BCUT2D eigenvalue weighted by atomic mass is 10.0. The molecule has 0 aromatic carbocycles. The molecule has 0 N–H and O–H groups in total. The second-order valence-electron chi connectivity index (χ2n) is 6.76. The zero-order chi connectivity index (χ0) is 18.9. The molecule has 9 nitrogen and oxygen atoms in total. The number of aryl methyl sites for hydroxylation is 2. The monoisotopic (exact) mass is 384 g/mol. The Hall–Kier alpha value is -1.94. The van der Waals surface area contributed by atoms with Crippen molar-refractivity contribution in [2.24, 2.45) is 0 Å². The van der Waals surface area contributed by atoms with Crippen LogP contribution >= 0.6 is 0 Å². The van der Waals surface area contributed by atoms with Crippen molar-refractivity contribution in [2.45, 2.75) is 32.0 Å².